The fourth-order valence-corrected chi connectivity index (χ4v) is 3.28. The van der Waals surface area contributed by atoms with Crippen LogP contribution in [-0.4, -0.2) is 35.7 Å². The summed E-state index contributed by atoms with van der Waals surface area (Å²) in [5, 5.41) is 10.6. The minimum atomic E-state index is -0.213. The molecule has 1 aromatic carbocycles. The molecule has 0 aromatic heterocycles. The van der Waals surface area contributed by atoms with E-state index >= 15 is 0 Å². The van der Waals surface area contributed by atoms with E-state index in [1.165, 1.54) is 18.4 Å². The molecule has 0 spiro atoms. The Bertz CT molecular complexity index is 355. The van der Waals surface area contributed by atoms with E-state index in [1.54, 1.807) is 0 Å². The Morgan fingerprint density at radius 1 is 1.17 bits per heavy atom. The summed E-state index contributed by atoms with van der Waals surface area (Å²) in [6, 6.07) is 10.5. The molecular weight excluding hydrogens is 222 g/mol. The van der Waals surface area contributed by atoms with Crippen LogP contribution in [0.4, 0.5) is 0 Å². The molecule has 0 saturated heterocycles. The second-order valence-corrected chi connectivity index (χ2v) is 5.75. The number of nitrogens with zero attached hydrogens (tertiary/aromatic N) is 1. The van der Waals surface area contributed by atoms with Gasteiger partial charge in [0.15, 0.2) is 0 Å². The molecule has 2 heteroatoms. The van der Waals surface area contributed by atoms with Gasteiger partial charge < -0.3 is 10.0 Å². The zero-order chi connectivity index (χ0) is 13.0. The number of aliphatic hydroxyl groups is 1. The van der Waals surface area contributed by atoms with Crippen molar-refractivity contribution in [2.45, 2.75) is 50.2 Å². The van der Waals surface area contributed by atoms with Crippen LogP contribution in [0.3, 0.4) is 0 Å². The topological polar surface area (TPSA) is 23.5 Å². The van der Waals surface area contributed by atoms with Crippen molar-refractivity contribution in [1.29, 1.82) is 0 Å². The highest BCUT2D eigenvalue weighted by molar-refractivity contribution is 5.15. The van der Waals surface area contributed by atoms with E-state index in [0.29, 0.717) is 0 Å². The van der Waals surface area contributed by atoms with Gasteiger partial charge in [-0.15, -0.1) is 0 Å². The minimum absolute atomic E-state index is 0.0226. The number of likely N-dealkylation sites (N-methyl/N-ethyl adjacent to an activating group) is 1. The average molecular weight is 247 g/mol. The van der Waals surface area contributed by atoms with Crippen molar-refractivity contribution in [3.63, 3.8) is 0 Å². The SMILES string of the molecule is CN(C)C1(C(O)CCc2ccccc2)CCCC1. The molecule has 1 aliphatic carbocycles. The number of hydrogen-bond acceptors (Lipinski definition) is 2. The first-order valence-corrected chi connectivity index (χ1v) is 7.04. The number of aliphatic hydroxyl groups excluding tert-OH is 1. The van der Waals surface area contributed by atoms with Crippen molar-refractivity contribution in [3.8, 4) is 0 Å². The van der Waals surface area contributed by atoms with Gasteiger partial charge in [-0.1, -0.05) is 43.2 Å². The van der Waals surface area contributed by atoms with E-state index in [-0.39, 0.29) is 11.6 Å². The van der Waals surface area contributed by atoms with Crippen molar-refractivity contribution in [1.82, 2.24) is 4.90 Å². The zero-order valence-corrected chi connectivity index (χ0v) is 11.6. The minimum Gasteiger partial charge on any atom is -0.391 e. The molecule has 0 heterocycles. The number of hydrogen-bond donors (Lipinski definition) is 1. The Morgan fingerprint density at radius 2 is 1.78 bits per heavy atom. The fraction of sp³-hybridized carbons (Fsp3) is 0.625. The average Bonchev–Trinajstić information content (AvgIpc) is 2.88. The van der Waals surface area contributed by atoms with Crippen LogP contribution >= 0.6 is 0 Å². The Morgan fingerprint density at radius 3 is 2.33 bits per heavy atom. The highest BCUT2D eigenvalue weighted by Gasteiger charge is 2.41. The summed E-state index contributed by atoms with van der Waals surface area (Å²) >= 11 is 0. The van der Waals surface area contributed by atoms with Crippen LogP contribution in [0.2, 0.25) is 0 Å². The molecule has 2 nitrogen and oxygen atoms in total. The molecule has 1 atom stereocenters. The first-order chi connectivity index (χ1) is 8.65. The molecule has 1 fully saturated rings. The number of aryl methyl sites for hydroxylation is 1. The Balaban J connectivity index is 1.96. The highest BCUT2D eigenvalue weighted by Crippen LogP contribution is 2.38. The molecule has 2 rings (SSSR count). The quantitative estimate of drug-likeness (QED) is 0.865. The van der Waals surface area contributed by atoms with E-state index in [1.807, 2.05) is 6.07 Å². The first-order valence-electron chi connectivity index (χ1n) is 7.04. The van der Waals surface area contributed by atoms with Gasteiger partial charge in [0.05, 0.1) is 6.10 Å². The van der Waals surface area contributed by atoms with Crippen molar-refractivity contribution < 1.29 is 5.11 Å². The smallest absolute Gasteiger partial charge is 0.0726 e. The van der Waals surface area contributed by atoms with Crippen molar-refractivity contribution in [2.75, 3.05) is 14.1 Å². The third kappa shape index (κ3) is 2.76. The summed E-state index contributed by atoms with van der Waals surface area (Å²) in [4.78, 5) is 2.25. The van der Waals surface area contributed by atoms with Crippen LogP contribution in [0.1, 0.15) is 37.7 Å². The Hall–Kier alpha value is -0.860. The number of benzene rings is 1. The molecule has 1 aliphatic rings. The van der Waals surface area contributed by atoms with Gasteiger partial charge in [-0.25, -0.2) is 0 Å². The molecule has 0 bridgehead atoms. The summed E-state index contributed by atoms with van der Waals surface area (Å²) < 4.78 is 0. The molecule has 0 amide bonds. The molecule has 0 radical (unpaired) electrons. The molecule has 0 aliphatic heterocycles. The van der Waals surface area contributed by atoms with E-state index in [9.17, 15) is 5.11 Å². The predicted octanol–water partition coefficient (Wildman–Crippen LogP) is 2.85. The van der Waals surface area contributed by atoms with Gasteiger partial charge in [-0.2, -0.15) is 0 Å². The first kappa shape index (κ1) is 13.6. The Labute approximate surface area is 111 Å². The second kappa shape index (κ2) is 5.85. The predicted molar refractivity (Wildman–Crippen MR) is 75.7 cm³/mol. The standard InChI is InChI=1S/C16H25NO/c1-17(2)16(12-6-7-13-16)15(18)11-10-14-8-4-3-5-9-14/h3-5,8-9,15,18H,6-7,10-13H2,1-2H3. The lowest BCUT2D eigenvalue weighted by Crippen LogP contribution is -2.51. The molecule has 1 N–H and O–H groups in total. The molecule has 18 heavy (non-hydrogen) atoms. The maximum atomic E-state index is 10.6. The van der Waals surface area contributed by atoms with Gasteiger partial charge in [-0.3, -0.25) is 0 Å². The largest absolute Gasteiger partial charge is 0.391 e. The summed E-state index contributed by atoms with van der Waals surface area (Å²) in [6.07, 6.45) is 6.39. The van der Waals surface area contributed by atoms with Crippen molar-refractivity contribution in [2.24, 2.45) is 0 Å². The van der Waals surface area contributed by atoms with Gasteiger partial charge in [-0.05, 0) is 45.3 Å². The van der Waals surface area contributed by atoms with E-state index in [0.717, 1.165) is 25.7 Å². The molecule has 1 saturated carbocycles. The third-order valence-electron chi connectivity index (χ3n) is 4.53. The summed E-state index contributed by atoms with van der Waals surface area (Å²) in [7, 11) is 4.22. The van der Waals surface area contributed by atoms with Crippen LogP contribution in [0.5, 0.6) is 0 Å². The molecule has 1 unspecified atom stereocenters. The van der Waals surface area contributed by atoms with Crippen LogP contribution in [0.25, 0.3) is 0 Å². The number of rotatable bonds is 5. The third-order valence-corrected chi connectivity index (χ3v) is 4.53. The van der Waals surface area contributed by atoms with E-state index in [4.69, 9.17) is 0 Å². The van der Waals surface area contributed by atoms with Crippen LogP contribution in [-0.2, 0) is 6.42 Å². The highest BCUT2D eigenvalue weighted by atomic mass is 16.3. The lowest BCUT2D eigenvalue weighted by Gasteiger charge is -2.40. The fourth-order valence-electron chi connectivity index (χ4n) is 3.28. The lowest BCUT2D eigenvalue weighted by molar-refractivity contribution is -0.00755. The van der Waals surface area contributed by atoms with Gasteiger partial charge in [0.25, 0.3) is 0 Å². The van der Waals surface area contributed by atoms with E-state index < -0.39 is 0 Å². The van der Waals surface area contributed by atoms with Crippen molar-refractivity contribution >= 4 is 0 Å². The van der Waals surface area contributed by atoms with Gasteiger partial charge >= 0.3 is 0 Å². The van der Waals surface area contributed by atoms with Gasteiger partial charge in [0.1, 0.15) is 0 Å². The van der Waals surface area contributed by atoms with Crippen LogP contribution in [0.15, 0.2) is 30.3 Å². The lowest BCUT2D eigenvalue weighted by atomic mass is 9.85. The molecule has 1 aromatic rings. The molecule has 100 valence electrons. The van der Waals surface area contributed by atoms with Crippen LogP contribution in [0, 0.1) is 0 Å². The normalized spacial score (nSPS) is 20.2. The van der Waals surface area contributed by atoms with Gasteiger partial charge in [0.2, 0.25) is 0 Å². The van der Waals surface area contributed by atoms with Crippen molar-refractivity contribution in [3.05, 3.63) is 35.9 Å². The zero-order valence-electron chi connectivity index (χ0n) is 11.6. The summed E-state index contributed by atoms with van der Waals surface area (Å²) in [5.41, 5.74) is 1.35. The second-order valence-electron chi connectivity index (χ2n) is 5.75. The summed E-state index contributed by atoms with van der Waals surface area (Å²) in [5.74, 6) is 0. The van der Waals surface area contributed by atoms with Crippen LogP contribution < -0.4 is 0 Å². The molecular formula is C16H25NO. The Kier molecular flexibility index (Phi) is 4.41. The maximum Gasteiger partial charge on any atom is 0.0726 e. The summed E-state index contributed by atoms with van der Waals surface area (Å²) in [6.45, 7) is 0. The van der Waals surface area contributed by atoms with Gasteiger partial charge in [0, 0.05) is 5.54 Å². The maximum absolute atomic E-state index is 10.6. The monoisotopic (exact) mass is 247 g/mol. The van der Waals surface area contributed by atoms with E-state index in [2.05, 4.69) is 43.3 Å².